The first-order valence-corrected chi connectivity index (χ1v) is 7.56. The number of hydrogen-bond donors (Lipinski definition) is 1. The number of methoxy groups -OCH3 is 1. The van der Waals surface area contributed by atoms with Crippen molar-refractivity contribution in [3.8, 4) is 10.7 Å². The number of hydrogen-bond acceptors (Lipinski definition) is 5. The minimum atomic E-state index is 0.540. The summed E-state index contributed by atoms with van der Waals surface area (Å²) in [5.41, 5.74) is 1.09. The summed E-state index contributed by atoms with van der Waals surface area (Å²) in [6.45, 7) is 5.55. The maximum atomic E-state index is 5.24. The van der Waals surface area contributed by atoms with Gasteiger partial charge in [0.2, 0.25) is 0 Å². The van der Waals surface area contributed by atoms with Gasteiger partial charge in [0.25, 0.3) is 0 Å². The number of nitrogens with one attached hydrogen (secondary N) is 1. The Labute approximate surface area is 121 Å². The van der Waals surface area contributed by atoms with Crippen molar-refractivity contribution in [2.45, 2.75) is 39.8 Å². The topological polar surface area (TPSA) is 55.7 Å². The van der Waals surface area contributed by atoms with E-state index in [4.69, 9.17) is 17.0 Å². The van der Waals surface area contributed by atoms with E-state index in [2.05, 4.69) is 29.0 Å². The van der Waals surface area contributed by atoms with Crippen LogP contribution in [0.3, 0.4) is 0 Å². The van der Waals surface area contributed by atoms with Gasteiger partial charge in [0.05, 0.1) is 17.2 Å². The number of H-pyrrole nitrogens is 1. The van der Waals surface area contributed by atoms with Gasteiger partial charge in [-0.05, 0) is 25.6 Å². The minimum absolute atomic E-state index is 0.540. The largest absolute Gasteiger partial charge is 0.378 e. The van der Waals surface area contributed by atoms with Crippen molar-refractivity contribution in [1.29, 1.82) is 0 Å². The molecule has 0 aliphatic heterocycles. The molecule has 5 nitrogen and oxygen atoms in total. The number of ether oxygens (including phenoxy) is 1. The summed E-state index contributed by atoms with van der Waals surface area (Å²) in [6, 6.07) is 0. The first kappa shape index (κ1) is 14.4. The molecule has 2 heterocycles. The Morgan fingerprint density at radius 3 is 2.84 bits per heavy atom. The number of aryl methyl sites for hydroxylation is 1. The predicted octanol–water partition coefficient (Wildman–Crippen LogP) is 3.18. The molecule has 0 saturated carbocycles. The number of aromatic nitrogens is 4. The Hall–Kier alpha value is -1.05. The summed E-state index contributed by atoms with van der Waals surface area (Å²) in [5.74, 6) is 0.885. The molecule has 0 aromatic carbocycles. The fourth-order valence-corrected chi connectivity index (χ4v) is 3.29. The fraction of sp³-hybridized carbons (Fsp3) is 0.583. The molecule has 104 valence electrons. The standard InChI is InChI=1S/C12H18N4OS2/c1-4-6-8-10(19-9(13-8)7-17-3)11-14-15-12(18)16(11)5-2/h4-7H2,1-3H3,(H,15,18). The molecule has 0 atom stereocenters. The van der Waals surface area contributed by atoms with Crippen LogP contribution in [0, 0.1) is 4.77 Å². The lowest BCUT2D eigenvalue weighted by Gasteiger charge is -2.02. The Balaban J connectivity index is 2.49. The number of aromatic amines is 1. The van der Waals surface area contributed by atoms with Crippen LogP contribution in [-0.4, -0.2) is 26.9 Å². The summed E-state index contributed by atoms with van der Waals surface area (Å²) < 4.78 is 7.82. The van der Waals surface area contributed by atoms with E-state index in [9.17, 15) is 0 Å². The highest BCUT2D eigenvalue weighted by Crippen LogP contribution is 2.30. The second-order valence-electron chi connectivity index (χ2n) is 4.16. The van der Waals surface area contributed by atoms with Crippen LogP contribution in [0.15, 0.2) is 0 Å². The van der Waals surface area contributed by atoms with Crippen LogP contribution in [0.1, 0.15) is 31.0 Å². The molecule has 0 fully saturated rings. The number of nitrogens with zero attached hydrogens (tertiary/aromatic N) is 3. The van der Waals surface area contributed by atoms with Crippen LogP contribution in [0.2, 0.25) is 0 Å². The van der Waals surface area contributed by atoms with Gasteiger partial charge in [-0.2, -0.15) is 5.10 Å². The van der Waals surface area contributed by atoms with E-state index in [1.807, 2.05) is 4.57 Å². The minimum Gasteiger partial charge on any atom is -0.378 e. The molecule has 0 spiro atoms. The van der Waals surface area contributed by atoms with E-state index in [0.29, 0.717) is 11.4 Å². The second-order valence-corrected chi connectivity index (χ2v) is 5.63. The van der Waals surface area contributed by atoms with Crippen molar-refractivity contribution < 1.29 is 4.74 Å². The SMILES string of the molecule is CCCc1nc(COC)sc1-c1n[nH]c(=S)n1CC. The van der Waals surface area contributed by atoms with Gasteiger partial charge in [0, 0.05) is 13.7 Å². The third kappa shape index (κ3) is 2.93. The molecule has 2 aromatic heterocycles. The summed E-state index contributed by atoms with van der Waals surface area (Å²) in [4.78, 5) is 5.74. The molecule has 1 N–H and O–H groups in total. The zero-order chi connectivity index (χ0) is 13.8. The van der Waals surface area contributed by atoms with Crippen LogP contribution < -0.4 is 0 Å². The normalized spacial score (nSPS) is 11.1. The van der Waals surface area contributed by atoms with E-state index in [-0.39, 0.29) is 0 Å². The lowest BCUT2D eigenvalue weighted by Crippen LogP contribution is -1.98. The number of rotatable bonds is 6. The van der Waals surface area contributed by atoms with Gasteiger partial charge in [-0.15, -0.1) is 11.3 Å². The van der Waals surface area contributed by atoms with Crippen molar-refractivity contribution in [2.24, 2.45) is 0 Å². The Bertz CT molecular complexity index is 599. The highest BCUT2D eigenvalue weighted by molar-refractivity contribution is 7.71. The Morgan fingerprint density at radius 1 is 1.42 bits per heavy atom. The van der Waals surface area contributed by atoms with Crippen LogP contribution >= 0.6 is 23.6 Å². The summed E-state index contributed by atoms with van der Waals surface area (Å²) >= 11 is 6.88. The van der Waals surface area contributed by atoms with E-state index < -0.39 is 0 Å². The van der Waals surface area contributed by atoms with E-state index >= 15 is 0 Å². The average molecular weight is 298 g/mol. The van der Waals surface area contributed by atoms with Gasteiger partial charge in [-0.1, -0.05) is 13.3 Å². The molecule has 0 aliphatic carbocycles. The highest BCUT2D eigenvalue weighted by Gasteiger charge is 2.17. The molecule has 0 radical (unpaired) electrons. The van der Waals surface area contributed by atoms with Crippen molar-refractivity contribution in [3.63, 3.8) is 0 Å². The van der Waals surface area contributed by atoms with Gasteiger partial charge < -0.3 is 4.74 Å². The van der Waals surface area contributed by atoms with Crippen molar-refractivity contribution in [1.82, 2.24) is 19.7 Å². The van der Waals surface area contributed by atoms with Crippen LogP contribution in [-0.2, 0) is 24.3 Å². The molecular formula is C12H18N4OS2. The molecule has 0 aliphatic rings. The molecule has 2 rings (SSSR count). The first-order chi connectivity index (χ1) is 9.21. The van der Waals surface area contributed by atoms with Gasteiger partial charge in [0.15, 0.2) is 10.6 Å². The van der Waals surface area contributed by atoms with Crippen LogP contribution in [0.5, 0.6) is 0 Å². The van der Waals surface area contributed by atoms with Gasteiger partial charge in [0.1, 0.15) is 5.01 Å². The van der Waals surface area contributed by atoms with E-state index in [0.717, 1.165) is 40.8 Å². The second kappa shape index (κ2) is 6.40. The van der Waals surface area contributed by atoms with Crippen molar-refractivity contribution >= 4 is 23.6 Å². The average Bonchev–Trinajstić information content (AvgIpc) is 2.94. The first-order valence-electron chi connectivity index (χ1n) is 6.34. The third-order valence-corrected chi connectivity index (χ3v) is 4.15. The lowest BCUT2D eigenvalue weighted by molar-refractivity contribution is 0.184. The number of thiazole rings is 1. The predicted molar refractivity (Wildman–Crippen MR) is 78.9 cm³/mol. The van der Waals surface area contributed by atoms with Crippen LogP contribution in [0.25, 0.3) is 10.7 Å². The Morgan fingerprint density at radius 2 is 2.21 bits per heavy atom. The maximum absolute atomic E-state index is 5.24. The van der Waals surface area contributed by atoms with Gasteiger partial charge >= 0.3 is 0 Å². The molecule has 0 amide bonds. The summed E-state index contributed by atoms with van der Waals surface area (Å²) in [6.07, 6.45) is 2.00. The molecule has 2 aromatic rings. The molecule has 19 heavy (non-hydrogen) atoms. The molecule has 0 unspecified atom stereocenters. The highest BCUT2D eigenvalue weighted by atomic mass is 32.1. The quantitative estimate of drug-likeness (QED) is 0.832. The monoisotopic (exact) mass is 298 g/mol. The summed E-state index contributed by atoms with van der Waals surface area (Å²) in [5, 5.41) is 8.19. The zero-order valence-corrected chi connectivity index (χ0v) is 13.0. The van der Waals surface area contributed by atoms with Crippen molar-refractivity contribution in [2.75, 3.05) is 7.11 Å². The van der Waals surface area contributed by atoms with Gasteiger partial charge in [-0.25, -0.2) is 4.98 Å². The summed E-state index contributed by atoms with van der Waals surface area (Å²) in [7, 11) is 1.68. The van der Waals surface area contributed by atoms with Crippen molar-refractivity contribution in [3.05, 3.63) is 15.5 Å². The molecule has 0 saturated heterocycles. The maximum Gasteiger partial charge on any atom is 0.195 e. The third-order valence-electron chi connectivity index (χ3n) is 2.77. The van der Waals surface area contributed by atoms with Crippen LogP contribution in [0.4, 0.5) is 0 Å². The lowest BCUT2D eigenvalue weighted by atomic mass is 10.2. The molecule has 7 heteroatoms. The molecular weight excluding hydrogens is 280 g/mol. The Kier molecular flexibility index (Phi) is 4.84. The van der Waals surface area contributed by atoms with Gasteiger partial charge in [-0.3, -0.25) is 9.67 Å². The van der Waals surface area contributed by atoms with E-state index in [1.165, 1.54) is 0 Å². The van der Waals surface area contributed by atoms with E-state index in [1.54, 1.807) is 18.4 Å². The smallest absolute Gasteiger partial charge is 0.195 e. The zero-order valence-electron chi connectivity index (χ0n) is 11.4. The fourth-order valence-electron chi connectivity index (χ4n) is 1.95. The molecule has 0 bridgehead atoms.